The lowest BCUT2D eigenvalue weighted by Crippen LogP contribution is -2.28. The van der Waals surface area contributed by atoms with Gasteiger partial charge in [0.05, 0.1) is 12.6 Å². The largest absolute Gasteiger partial charge is 0.481 e. The molecular weight excluding hydrogens is 166 g/mol. The van der Waals surface area contributed by atoms with Gasteiger partial charge in [-0.15, -0.1) is 0 Å². The van der Waals surface area contributed by atoms with Gasteiger partial charge in [-0.2, -0.15) is 0 Å². The van der Waals surface area contributed by atoms with Crippen LogP contribution in [0.4, 0.5) is 4.79 Å². The molecule has 0 spiro atoms. The summed E-state index contributed by atoms with van der Waals surface area (Å²) >= 11 is 0. The molecule has 0 saturated carbocycles. The Hall–Kier alpha value is -1.30. The third kappa shape index (κ3) is 1.48. The molecule has 0 aliphatic carbocycles. The monoisotopic (exact) mass is 175 g/mol. The summed E-state index contributed by atoms with van der Waals surface area (Å²) in [6.07, 6.45) is -2.28. The number of aliphatic hydroxyl groups is 1. The van der Waals surface area contributed by atoms with Crippen molar-refractivity contribution in [2.24, 2.45) is 5.92 Å². The molecule has 68 valence electrons. The summed E-state index contributed by atoms with van der Waals surface area (Å²) in [4.78, 5) is 21.6. The number of carbonyl (C=O) groups is 2. The van der Waals surface area contributed by atoms with Crippen LogP contribution in [0.25, 0.3) is 0 Å². The zero-order chi connectivity index (χ0) is 9.30. The zero-order valence-electron chi connectivity index (χ0n) is 6.17. The molecule has 6 heteroatoms. The molecule has 1 rings (SSSR count). The average Bonchev–Trinajstić information content (AvgIpc) is 2.30. The van der Waals surface area contributed by atoms with E-state index in [4.69, 9.17) is 15.3 Å². The van der Waals surface area contributed by atoms with E-state index < -0.39 is 24.1 Å². The zero-order valence-corrected chi connectivity index (χ0v) is 6.17. The minimum Gasteiger partial charge on any atom is -0.481 e. The molecule has 12 heavy (non-hydrogen) atoms. The van der Waals surface area contributed by atoms with Gasteiger partial charge in [-0.05, 0) is 0 Å². The molecule has 0 radical (unpaired) electrons. The van der Waals surface area contributed by atoms with Gasteiger partial charge >= 0.3 is 12.1 Å². The second-order valence-corrected chi connectivity index (χ2v) is 2.70. The topological polar surface area (TPSA) is 98.1 Å². The molecule has 0 aromatic heterocycles. The smallest absolute Gasteiger partial charge is 0.407 e. The number of likely N-dealkylation sites (tertiary alicyclic amines) is 1. The second kappa shape index (κ2) is 2.98. The molecule has 3 N–H and O–H groups in total. The van der Waals surface area contributed by atoms with Gasteiger partial charge in [0.2, 0.25) is 0 Å². The van der Waals surface area contributed by atoms with Gasteiger partial charge in [0.15, 0.2) is 0 Å². The highest BCUT2D eigenvalue weighted by Gasteiger charge is 2.38. The molecule has 2 atom stereocenters. The molecule has 1 aliphatic rings. The Morgan fingerprint density at radius 3 is 2.08 bits per heavy atom. The van der Waals surface area contributed by atoms with E-state index in [0.717, 1.165) is 4.90 Å². The SMILES string of the molecule is O=C(O)[C@H]1CN(C(=O)O)C[C@H]1O. The van der Waals surface area contributed by atoms with Crippen molar-refractivity contribution in [3.8, 4) is 0 Å². The van der Waals surface area contributed by atoms with Crippen molar-refractivity contribution in [1.29, 1.82) is 0 Å². The van der Waals surface area contributed by atoms with Gasteiger partial charge < -0.3 is 20.2 Å². The van der Waals surface area contributed by atoms with Gasteiger partial charge in [0, 0.05) is 6.54 Å². The van der Waals surface area contributed by atoms with E-state index >= 15 is 0 Å². The Morgan fingerprint density at radius 1 is 1.25 bits per heavy atom. The minimum absolute atomic E-state index is 0.119. The van der Waals surface area contributed by atoms with Crippen molar-refractivity contribution in [3.05, 3.63) is 0 Å². The van der Waals surface area contributed by atoms with Crippen LogP contribution >= 0.6 is 0 Å². The maximum absolute atomic E-state index is 10.4. The number of amides is 1. The van der Waals surface area contributed by atoms with Crippen molar-refractivity contribution in [2.45, 2.75) is 6.10 Å². The molecule has 1 fully saturated rings. The molecule has 1 amide bonds. The van der Waals surface area contributed by atoms with Gasteiger partial charge in [-0.3, -0.25) is 4.79 Å². The van der Waals surface area contributed by atoms with E-state index in [-0.39, 0.29) is 13.1 Å². The van der Waals surface area contributed by atoms with Crippen LogP contribution in [-0.2, 0) is 4.79 Å². The van der Waals surface area contributed by atoms with Crippen molar-refractivity contribution >= 4 is 12.1 Å². The van der Waals surface area contributed by atoms with Crippen molar-refractivity contribution < 1.29 is 24.9 Å². The van der Waals surface area contributed by atoms with Crippen LogP contribution in [-0.4, -0.2) is 51.5 Å². The first-order chi connectivity index (χ1) is 5.52. The van der Waals surface area contributed by atoms with Crippen LogP contribution in [0.15, 0.2) is 0 Å². The molecule has 0 bridgehead atoms. The second-order valence-electron chi connectivity index (χ2n) is 2.70. The Labute approximate surface area is 68.0 Å². The maximum atomic E-state index is 10.4. The minimum atomic E-state index is -1.20. The first kappa shape index (κ1) is 8.79. The number of aliphatic hydroxyl groups excluding tert-OH is 1. The van der Waals surface area contributed by atoms with Crippen LogP contribution in [0.3, 0.4) is 0 Å². The van der Waals surface area contributed by atoms with Gasteiger partial charge in [0.1, 0.15) is 5.92 Å². The van der Waals surface area contributed by atoms with Crippen LogP contribution in [0.5, 0.6) is 0 Å². The van der Waals surface area contributed by atoms with Crippen molar-refractivity contribution in [2.75, 3.05) is 13.1 Å². The fraction of sp³-hybridized carbons (Fsp3) is 0.667. The summed E-state index contributed by atoms with van der Waals surface area (Å²) in [6, 6.07) is 0. The van der Waals surface area contributed by atoms with E-state index in [1.165, 1.54) is 0 Å². The quantitative estimate of drug-likeness (QED) is 0.477. The standard InChI is InChI=1S/C6H9NO5/c8-4-2-7(6(11)12)1-3(4)5(9)10/h3-4,8H,1-2H2,(H,9,10)(H,11,12)/t3-,4+/m0/s1. The molecule has 0 aromatic carbocycles. The number of nitrogens with zero attached hydrogens (tertiary/aromatic N) is 1. The lowest BCUT2D eigenvalue weighted by atomic mass is 10.1. The number of aliphatic carboxylic acids is 1. The number of β-amino-alcohol motifs (C(OH)–C–C–N with tert-alkyl or cyclic N) is 1. The number of rotatable bonds is 1. The predicted molar refractivity (Wildman–Crippen MR) is 36.7 cm³/mol. The van der Waals surface area contributed by atoms with E-state index in [1.807, 2.05) is 0 Å². The van der Waals surface area contributed by atoms with Gasteiger partial charge in [-0.1, -0.05) is 0 Å². The summed E-state index contributed by atoms with van der Waals surface area (Å²) in [7, 11) is 0. The van der Waals surface area contributed by atoms with Crippen molar-refractivity contribution in [1.82, 2.24) is 4.90 Å². The van der Waals surface area contributed by atoms with Gasteiger partial charge in [-0.25, -0.2) is 4.79 Å². The Kier molecular flexibility index (Phi) is 2.18. The molecule has 0 unspecified atom stereocenters. The normalized spacial score (nSPS) is 28.9. The van der Waals surface area contributed by atoms with Crippen LogP contribution in [0.2, 0.25) is 0 Å². The highest BCUT2D eigenvalue weighted by Crippen LogP contribution is 2.16. The average molecular weight is 175 g/mol. The maximum Gasteiger partial charge on any atom is 0.407 e. The fourth-order valence-electron chi connectivity index (χ4n) is 1.19. The molecule has 6 nitrogen and oxygen atoms in total. The molecule has 1 aliphatic heterocycles. The van der Waals surface area contributed by atoms with E-state index in [9.17, 15) is 9.59 Å². The third-order valence-electron chi connectivity index (χ3n) is 1.88. The first-order valence-electron chi connectivity index (χ1n) is 3.41. The van der Waals surface area contributed by atoms with E-state index in [0.29, 0.717) is 0 Å². The third-order valence-corrected chi connectivity index (χ3v) is 1.88. The van der Waals surface area contributed by atoms with Crippen LogP contribution in [0, 0.1) is 5.92 Å². The lowest BCUT2D eigenvalue weighted by Gasteiger charge is -2.08. The number of carboxylic acids is 1. The first-order valence-corrected chi connectivity index (χ1v) is 3.41. The highest BCUT2D eigenvalue weighted by molar-refractivity contribution is 5.74. The summed E-state index contributed by atoms with van der Waals surface area (Å²) in [5.41, 5.74) is 0. The Bertz CT molecular complexity index is 216. The fourth-order valence-corrected chi connectivity index (χ4v) is 1.19. The molecule has 1 saturated heterocycles. The molecule has 0 aromatic rings. The highest BCUT2D eigenvalue weighted by atomic mass is 16.4. The lowest BCUT2D eigenvalue weighted by molar-refractivity contribution is -0.143. The van der Waals surface area contributed by atoms with E-state index in [1.54, 1.807) is 0 Å². The van der Waals surface area contributed by atoms with Gasteiger partial charge in [0.25, 0.3) is 0 Å². The predicted octanol–water partition coefficient (Wildman–Crippen LogP) is -0.958. The van der Waals surface area contributed by atoms with Crippen LogP contribution < -0.4 is 0 Å². The number of hydrogen-bond acceptors (Lipinski definition) is 3. The number of hydrogen-bond donors (Lipinski definition) is 3. The summed E-state index contributed by atoms with van der Waals surface area (Å²) in [6.45, 7) is -0.252. The molecule has 1 heterocycles. The summed E-state index contributed by atoms with van der Waals surface area (Å²) < 4.78 is 0. The Morgan fingerprint density at radius 2 is 1.83 bits per heavy atom. The van der Waals surface area contributed by atoms with Crippen LogP contribution in [0.1, 0.15) is 0 Å². The Balaban J connectivity index is 2.62. The van der Waals surface area contributed by atoms with E-state index in [2.05, 4.69) is 0 Å². The molecular formula is C6H9NO5. The van der Waals surface area contributed by atoms with Crippen molar-refractivity contribution in [3.63, 3.8) is 0 Å². The summed E-state index contributed by atoms with van der Waals surface area (Å²) in [5, 5.41) is 26.0. The number of carboxylic acid groups (broad SMARTS) is 2. The summed E-state index contributed by atoms with van der Waals surface area (Å²) in [5.74, 6) is -2.15.